The highest BCUT2D eigenvalue weighted by molar-refractivity contribution is 5.84. The van der Waals surface area contributed by atoms with Gasteiger partial charge in [0.15, 0.2) is 0 Å². The van der Waals surface area contributed by atoms with Gasteiger partial charge in [-0.2, -0.15) is 0 Å². The van der Waals surface area contributed by atoms with E-state index in [-0.39, 0.29) is 11.9 Å². The molecule has 4 nitrogen and oxygen atoms in total. The van der Waals surface area contributed by atoms with Gasteiger partial charge in [-0.1, -0.05) is 19.3 Å². The van der Waals surface area contributed by atoms with Crippen molar-refractivity contribution in [2.24, 2.45) is 0 Å². The first-order chi connectivity index (χ1) is 7.47. The van der Waals surface area contributed by atoms with E-state index in [1.54, 1.807) is 13.8 Å². The van der Waals surface area contributed by atoms with E-state index in [2.05, 4.69) is 5.32 Å². The molecule has 0 aromatic heterocycles. The lowest BCUT2D eigenvalue weighted by molar-refractivity contribution is -0.141. The lowest BCUT2D eigenvalue weighted by Gasteiger charge is -2.27. The lowest BCUT2D eigenvalue weighted by Crippen LogP contribution is -2.51. The Morgan fingerprint density at radius 1 is 1.31 bits per heavy atom. The minimum Gasteiger partial charge on any atom is -0.391 e. The van der Waals surface area contributed by atoms with Crippen LogP contribution in [0, 0.1) is 0 Å². The van der Waals surface area contributed by atoms with Crippen molar-refractivity contribution in [1.82, 2.24) is 5.32 Å². The quantitative estimate of drug-likeness (QED) is 0.715. The number of methoxy groups -OCH3 is 1. The molecule has 2 unspecified atom stereocenters. The number of hydrogen-bond acceptors (Lipinski definition) is 3. The first-order valence-corrected chi connectivity index (χ1v) is 6.01. The summed E-state index contributed by atoms with van der Waals surface area (Å²) in [5.74, 6) is -0.152. The first-order valence-electron chi connectivity index (χ1n) is 6.01. The number of carbonyl (C=O) groups is 1. The monoisotopic (exact) mass is 229 g/mol. The first kappa shape index (κ1) is 13.5. The predicted octanol–water partition coefficient (Wildman–Crippen LogP) is 1.22. The van der Waals surface area contributed by atoms with E-state index in [4.69, 9.17) is 4.74 Å². The van der Waals surface area contributed by atoms with Gasteiger partial charge in [-0.3, -0.25) is 4.79 Å². The van der Waals surface area contributed by atoms with E-state index in [1.165, 1.54) is 7.11 Å². The largest absolute Gasteiger partial charge is 0.391 e. The van der Waals surface area contributed by atoms with Crippen LogP contribution in [0.15, 0.2) is 0 Å². The standard InChI is InChI=1S/C12H23NO3/c1-12(2,16-3)11(15)13-9-7-5-4-6-8-10(9)14/h9-10,14H,4-8H2,1-3H3,(H,13,15). The maximum Gasteiger partial charge on any atom is 0.251 e. The van der Waals surface area contributed by atoms with Gasteiger partial charge in [-0.15, -0.1) is 0 Å². The van der Waals surface area contributed by atoms with Crippen LogP contribution in [0.2, 0.25) is 0 Å². The Morgan fingerprint density at radius 3 is 2.56 bits per heavy atom. The van der Waals surface area contributed by atoms with Crippen molar-refractivity contribution >= 4 is 5.91 Å². The van der Waals surface area contributed by atoms with E-state index >= 15 is 0 Å². The molecule has 1 fully saturated rings. The molecule has 0 aliphatic heterocycles. The summed E-state index contributed by atoms with van der Waals surface area (Å²) in [6.45, 7) is 3.46. The number of ether oxygens (including phenoxy) is 1. The third-order valence-electron chi connectivity index (χ3n) is 3.35. The normalized spacial score (nSPS) is 27.2. The molecule has 0 aromatic rings. The van der Waals surface area contributed by atoms with Crippen molar-refractivity contribution < 1.29 is 14.6 Å². The third-order valence-corrected chi connectivity index (χ3v) is 3.35. The maximum atomic E-state index is 11.9. The zero-order valence-electron chi connectivity index (χ0n) is 10.5. The molecule has 4 heteroatoms. The number of hydrogen-bond donors (Lipinski definition) is 2. The molecule has 2 atom stereocenters. The van der Waals surface area contributed by atoms with Gasteiger partial charge in [0.2, 0.25) is 0 Å². The smallest absolute Gasteiger partial charge is 0.251 e. The van der Waals surface area contributed by atoms with Crippen LogP contribution >= 0.6 is 0 Å². The van der Waals surface area contributed by atoms with Crippen LogP contribution in [0.25, 0.3) is 0 Å². The van der Waals surface area contributed by atoms with Gasteiger partial charge in [-0.05, 0) is 26.7 Å². The summed E-state index contributed by atoms with van der Waals surface area (Å²) in [6.07, 6.45) is 4.46. The van der Waals surface area contributed by atoms with Gasteiger partial charge < -0.3 is 15.2 Å². The zero-order chi connectivity index (χ0) is 12.2. The average Bonchev–Trinajstić information content (AvgIpc) is 2.44. The summed E-state index contributed by atoms with van der Waals surface area (Å²) in [4.78, 5) is 11.9. The van der Waals surface area contributed by atoms with Crippen LogP contribution < -0.4 is 5.32 Å². The number of carbonyl (C=O) groups excluding carboxylic acids is 1. The van der Waals surface area contributed by atoms with Crippen molar-refractivity contribution in [1.29, 1.82) is 0 Å². The average molecular weight is 229 g/mol. The SMILES string of the molecule is COC(C)(C)C(=O)NC1CCCCCC1O. The molecule has 1 amide bonds. The van der Waals surface area contributed by atoms with Crippen molar-refractivity contribution in [2.45, 2.75) is 63.7 Å². The molecule has 1 aliphatic carbocycles. The fourth-order valence-electron chi connectivity index (χ4n) is 1.89. The highest BCUT2D eigenvalue weighted by Gasteiger charge is 2.31. The van der Waals surface area contributed by atoms with Gasteiger partial charge in [0, 0.05) is 7.11 Å². The van der Waals surface area contributed by atoms with E-state index in [9.17, 15) is 9.90 Å². The van der Waals surface area contributed by atoms with E-state index in [0.29, 0.717) is 0 Å². The molecule has 1 aliphatic rings. The molecule has 1 rings (SSSR count). The van der Waals surface area contributed by atoms with Gasteiger partial charge in [0.25, 0.3) is 5.91 Å². The summed E-state index contributed by atoms with van der Waals surface area (Å²) >= 11 is 0. The minimum atomic E-state index is -0.827. The number of rotatable bonds is 3. The number of amides is 1. The second kappa shape index (κ2) is 5.64. The van der Waals surface area contributed by atoms with Crippen LogP contribution in [0.5, 0.6) is 0 Å². The Balaban J connectivity index is 2.54. The maximum absolute atomic E-state index is 11.9. The van der Waals surface area contributed by atoms with E-state index in [1.807, 2.05) is 0 Å². The molecule has 2 N–H and O–H groups in total. The Hall–Kier alpha value is -0.610. The van der Waals surface area contributed by atoms with Crippen molar-refractivity contribution in [2.75, 3.05) is 7.11 Å². The molecule has 0 saturated heterocycles. The zero-order valence-corrected chi connectivity index (χ0v) is 10.5. The van der Waals surface area contributed by atoms with Crippen LogP contribution in [0.4, 0.5) is 0 Å². The molecular weight excluding hydrogens is 206 g/mol. The summed E-state index contributed by atoms with van der Waals surface area (Å²) in [6, 6.07) is -0.121. The number of aliphatic hydroxyl groups excluding tert-OH is 1. The molecular formula is C12H23NO3. The molecule has 1 saturated carbocycles. The van der Waals surface area contributed by atoms with Crippen molar-refractivity contribution in [3.63, 3.8) is 0 Å². The van der Waals surface area contributed by atoms with Crippen LogP contribution in [0.1, 0.15) is 46.0 Å². The van der Waals surface area contributed by atoms with Crippen molar-refractivity contribution in [3.05, 3.63) is 0 Å². The minimum absolute atomic E-state index is 0.121. The Morgan fingerprint density at radius 2 is 1.94 bits per heavy atom. The van der Waals surface area contributed by atoms with Crippen LogP contribution in [0.3, 0.4) is 0 Å². The second-order valence-electron chi connectivity index (χ2n) is 5.00. The molecule has 0 radical (unpaired) electrons. The van der Waals surface area contributed by atoms with Gasteiger partial charge in [-0.25, -0.2) is 0 Å². The highest BCUT2D eigenvalue weighted by atomic mass is 16.5. The fraction of sp³-hybridized carbons (Fsp3) is 0.917. The predicted molar refractivity (Wildman–Crippen MR) is 62.1 cm³/mol. The molecule has 0 heterocycles. The van der Waals surface area contributed by atoms with Crippen LogP contribution in [-0.2, 0) is 9.53 Å². The summed E-state index contributed by atoms with van der Waals surface area (Å²) in [5.41, 5.74) is -0.827. The fourth-order valence-corrected chi connectivity index (χ4v) is 1.89. The van der Waals surface area contributed by atoms with Crippen molar-refractivity contribution in [3.8, 4) is 0 Å². The Bertz CT molecular complexity index is 240. The molecule has 0 aromatic carbocycles. The molecule has 94 valence electrons. The second-order valence-corrected chi connectivity index (χ2v) is 5.00. The lowest BCUT2D eigenvalue weighted by atomic mass is 10.0. The number of nitrogens with one attached hydrogen (secondary N) is 1. The molecule has 16 heavy (non-hydrogen) atoms. The Kier molecular flexibility index (Phi) is 4.74. The molecule has 0 spiro atoms. The van der Waals surface area contributed by atoms with Gasteiger partial charge in [0.1, 0.15) is 5.60 Å². The third kappa shape index (κ3) is 3.46. The van der Waals surface area contributed by atoms with Crippen LogP contribution in [-0.4, -0.2) is 35.9 Å². The Labute approximate surface area is 97.4 Å². The van der Waals surface area contributed by atoms with E-state index in [0.717, 1.165) is 32.1 Å². The van der Waals surface area contributed by atoms with Gasteiger partial charge in [0.05, 0.1) is 12.1 Å². The number of aliphatic hydroxyl groups is 1. The summed E-state index contributed by atoms with van der Waals surface area (Å²) in [5, 5.41) is 12.8. The summed E-state index contributed by atoms with van der Waals surface area (Å²) < 4.78 is 5.11. The van der Waals surface area contributed by atoms with E-state index < -0.39 is 11.7 Å². The van der Waals surface area contributed by atoms with Gasteiger partial charge >= 0.3 is 0 Å². The molecule has 0 bridgehead atoms. The summed E-state index contributed by atoms with van der Waals surface area (Å²) in [7, 11) is 1.52. The highest BCUT2D eigenvalue weighted by Crippen LogP contribution is 2.19. The topological polar surface area (TPSA) is 58.6 Å².